The van der Waals surface area contributed by atoms with Gasteiger partial charge in [-0.1, -0.05) is 0 Å². The first-order valence-corrected chi connectivity index (χ1v) is 16.2. The number of hydrogen-bond acceptors (Lipinski definition) is 6. The maximum absolute atomic E-state index is 9.95. The fourth-order valence-electron chi connectivity index (χ4n) is 3.68. The molecule has 0 saturated carbocycles. The van der Waals surface area contributed by atoms with Gasteiger partial charge in [0.1, 0.15) is 0 Å². The van der Waals surface area contributed by atoms with Crippen LogP contribution in [-0.4, -0.2) is 54.0 Å². The quantitative estimate of drug-likeness (QED) is 0.174. The summed E-state index contributed by atoms with van der Waals surface area (Å²) >= 11 is 0. The van der Waals surface area contributed by atoms with E-state index in [0.717, 1.165) is 22.3 Å². The molecule has 0 aromatic heterocycles. The third kappa shape index (κ3) is 9.20. The van der Waals surface area contributed by atoms with E-state index in [0.29, 0.717) is 0 Å². The van der Waals surface area contributed by atoms with Crippen LogP contribution in [0.3, 0.4) is 0 Å². The first-order chi connectivity index (χ1) is 16.0. The van der Waals surface area contributed by atoms with Crippen LogP contribution in [0.15, 0.2) is 86.0 Å². The van der Waals surface area contributed by atoms with Gasteiger partial charge in [0.05, 0.1) is 0 Å². The Hall–Kier alpha value is -1.98. The molecular formula is C27H38O6P2. The fourth-order valence-corrected chi connectivity index (χ4v) is 6.11. The van der Waals surface area contributed by atoms with E-state index in [4.69, 9.17) is 0 Å². The average Bonchev–Trinajstić information content (AvgIpc) is 2.73. The van der Waals surface area contributed by atoms with E-state index >= 15 is 0 Å². The molecular weight excluding hydrogens is 482 g/mol. The normalized spacial score (nSPS) is 15.4. The summed E-state index contributed by atoms with van der Waals surface area (Å²) in [5.41, 5.74) is 3.66. The molecule has 0 bridgehead atoms. The molecule has 0 spiro atoms. The van der Waals surface area contributed by atoms with Crippen LogP contribution in [0.2, 0.25) is 0 Å². The monoisotopic (exact) mass is 520 g/mol. The van der Waals surface area contributed by atoms with E-state index in [-0.39, 0.29) is 30.1 Å². The Morgan fingerprint density at radius 2 is 0.914 bits per heavy atom. The number of hydrogen-bond donors (Lipinski definition) is 6. The molecule has 192 valence electrons. The molecule has 2 aromatic rings. The minimum atomic E-state index is -4.69. The summed E-state index contributed by atoms with van der Waals surface area (Å²) in [4.78, 5) is 59.7. The van der Waals surface area contributed by atoms with Gasteiger partial charge >= 0.3 is 208 Å². The third-order valence-electron chi connectivity index (χ3n) is 5.85. The first-order valence-electron chi connectivity index (χ1n) is 11.3. The molecule has 0 unspecified atom stereocenters. The summed E-state index contributed by atoms with van der Waals surface area (Å²) in [7, 11) is -9.38. The summed E-state index contributed by atoms with van der Waals surface area (Å²) < 4.78 is 0. The van der Waals surface area contributed by atoms with Crippen LogP contribution in [0.25, 0.3) is 12.2 Å². The average molecular weight is 521 g/mol. The molecule has 0 amide bonds. The molecule has 0 aliphatic carbocycles. The van der Waals surface area contributed by atoms with Crippen LogP contribution in [0, 0.1) is 0 Å². The van der Waals surface area contributed by atoms with Crippen molar-refractivity contribution >= 4 is 26.7 Å². The van der Waals surface area contributed by atoms with E-state index in [2.05, 4.69) is 27.0 Å². The molecule has 0 saturated heterocycles. The Balaban J connectivity index is 2.09. The van der Waals surface area contributed by atoms with Gasteiger partial charge in [0, 0.05) is 0 Å². The fraction of sp³-hybridized carbons (Fsp3) is 0.259. The Kier molecular flexibility index (Phi) is 8.82. The van der Waals surface area contributed by atoms with Gasteiger partial charge < -0.3 is 0 Å². The van der Waals surface area contributed by atoms with Crippen molar-refractivity contribution in [1.82, 2.24) is 0 Å². The zero-order chi connectivity index (χ0) is 26.4. The Morgan fingerprint density at radius 3 is 1.20 bits per heavy atom. The van der Waals surface area contributed by atoms with Crippen LogP contribution in [0.4, 0.5) is 0 Å². The summed E-state index contributed by atoms with van der Waals surface area (Å²) in [5.74, 6) is 0. The molecule has 6 N–H and O–H groups in total. The van der Waals surface area contributed by atoms with E-state index < -0.39 is 14.6 Å². The van der Waals surface area contributed by atoms with Gasteiger partial charge in [-0.3, -0.25) is 0 Å². The summed E-state index contributed by atoms with van der Waals surface area (Å²) in [5, 5.41) is 0. The molecule has 0 fully saturated rings. The molecule has 8 heteroatoms. The second-order valence-corrected chi connectivity index (χ2v) is 16.5. The van der Waals surface area contributed by atoms with Gasteiger partial charge in [-0.15, -0.1) is 0 Å². The van der Waals surface area contributed by atoms with E-state index in [1.54, 1.807) is 24.3 Å². The van der Waals surface area contributed by atoms with Crippen molar-refractivity contribution in [2.75, 3.05) is 24.6 Å². The van der Waals surface area contributed by atoms with Crippen LogP contribution in [-0.2, 0) is 5.41 Å². The minimum absolute atomic E-state index is 0.224. The predicted octanol–water partition coefficient (Wildman–Crippen LogP) is 4.96. The van der Waals surface area contributed by atoms with Crippen LogP contribution in [0.1, 0.15) is 36.1 Å². The van der Waals surface area contributed by atoms with E-state index in [9.17, 15) is 29.4 Å². The van der Waals surface area contributed by atoms with Gasteiger partial charge in [0.2, 0.25) is 0 Å². The van der Waals surface area contributed by atoms with Crippen molar-refractivity contribution in [1.29, 1.82) is 0 Å². The third-order valence-corrected chi connectivity index (χ3v) is 9.78. The molecule has 0 atom stereocenters. The molecule has 35 heavy (non-hydrogen) atoms. The van der Waals surface area contributed by atoms with Crippen LogP contribution >= 0.6 is 14.6 Å². The molecule has 0 aliphatic heterocycles. The SMILES string of the molecule is C=CCP(O)(O)(O)CC=Cc1ccc(C(C)(C)c2ccc(C=CCP(O)(O)(O)CC=C)cc2)cc1. The number of rotatable bonds is 12. The van der Waals surface area contributed by atoms with Gasteiger partial charge in [0.25, 0.3) is 0 Å². The first kappa shape index (κ1) is 29.3. The Morgan fingerprint density at radius 1 is 0.600 bits per heavy atom. The van der Waals surface area contributed by atoms with Crippen molar-refractivity contribution in [3.05, 3.63) is 108 Å². The van der Waals surface area contributed by atoms with Crippen molar-refractivity contribution in [3.63, 3.8) is 0 Å². The summed E-state index contributed by atoms with van der Waals surface area (Å²) in [6.45, 7) is 11.1. The van der Waals surface area contributed by atoms with E-state index in [1.807, 2.05) is 48.5 Å². The molecule has 0 radical (unpaired) electrons. The zero-order valence-electron chi connectivity index (χ0n) is 20.4. The van der Waals surface area contributed by atoms with Gasteiger partial charge in [-0.05, 0) is 0 Å². The summed E-state index contributed by atoms with van der Waals surface area (Å²) in [6.07, 6.45) is 8.29. The zero-order valence-corrected chi connectivity index (χ0v) is 22.2. The summed E-state index contributed by atoms with van der Waals surface area (Å²) in [6, 6.07) is 15.8. The molecule has 0 heterocycles. The van der Waals surface area contributed by atoms with Crippen LogP contribution < -0.4 is 0 Å². The van der Waals surface area contributed by atoms with Crippen LogP contribution in [0.5, 0.6) is 0 Å². The van der Waals surface area contributed by atoms with Crippen molar-refractivity contribution in [2.45, 2.75) is 19.3 Å². The van der Waals surface area contributed by atoms with Crippen molar-refractivity contribution in [2.24, 2.45) is 0 Å². The second-order valence-electron chi connectivity index (χ2n) is 9.66. The maximum atomic E-state index is 9.95. The van der Waals surface area contributed by atoms with Gasteiger partial charge in [-0.2, -0.15) is 0 Å². The molecule has 0 aliphatic rings. The predicted molar refractivity (Wildman–Crippen MR) is 150 cm³/mol. The van der Waals surface area contributed by atoms with E-state index in [1.165, 1.54) is 12.2 Å². The van der Waals surface area contributed by atoms with Gasteiger partial charge in [0.15, 0.2) is 0 Å². The molecule has 6 nitrogen and oxygen atoms in total. The molecule has 2 aromatic carbocycles. The topological polar surface area (TPSA) is 121 Å². The van der Waals surface area contributed by atoms with Crippen molar-refractivity contribution < 1.29 is 29.4 Å². The Bertz CT molecular complexity index is 995. The standard InChI is InChI=1S/C27H38O6P2/c1-5-19-34(28,29,30)21-7-9-23-11-15-25(16-12-23)27(3,4)26-17-13-24(14-18-26)10-8-22-35(31,32,33)20-6-2/h5-18,28-33H,1-2,19-22H2,3-4H3. The molecule has 2 rings (SSSR count). The second kappa shape index (κ2) is 10.6. The van der Waals surface area contributed by atoms with Gasteiger partial charge in [-0.25, -0.2) is 0 Å². The number of allylic oxidation sites excluding steroid dienone is 4. The Labute approximate surface area is 208 Å². The number of benzene rings is 2. The van der Waals surface area contributed by atoms with Crippen molar-refractivity contribution in [3.8, 4) is 0 Å².